The van der Waals surface area contributed by atoms with Crippen molar-refractivity contribution < 1.29 is 18.3 Å². The van der Waals surface area contributed by atoms with E-state index in [0.717, 1.165) is 12.1 Å². The Morgan fingerprint density at radius 1 is 1.25 bits per heavy atom. The highest BCUT2D eigenvalue weighted by Gasteiger charge is 2.24. The summed E-state index contributed by atoms with van der Waals surface area (Å²) in [6.45, 7) is 0.923. The lowest BCUT2D eigenvalue weighted by molar-refractivity contribution is 0.0985. The van der Waals surface area contributed by atoms with Crippen molar-refractivity contribution in [2.45, 2.75) is 13.0 Å². The number of anilines is 1. The molecule has 168 valence electrons. The molecule has 2 aromatic heterocycles. The Kier molecular flexibility index (Phi) is 7.65. The van der Waals surface area contributed by atoms with Crippen LogP contribution >= 0.6 is 35.3 Å². The second-order valence-electron chi connectivity index (χ2n) is 6.66. The first kappa shape index (κ1) is 23.9. The number of aryl methyl sites for hydroxylation is 1. The predicted octanol–water partition coefficient (Wildman–Crippen LogP) is 5.59. The summed E-state index contributed by atoms with van der Waals surface area (Å²) in [7, 11) is 1.52. The summed E-state index contributed by atoms with van der Waals surface area (Å²) in [6, 6.07) is 6.48. The van der Waals surface area contributed by atoms with Crippen molar-refractivity contribution in [2.24, 2.45) is 0 Å². The maximum atomic E-state index is 13.8. The monoisotopic (exact) mass is 498 g/mol. The Labute approximate surface area is 197 Å². The Morgan fingerprint density at radius 2 is 2.06 bits per heavy atom. The summed E-state index contributed by atoms with van der Waals surface area (Å²) in [5.41, 5.74) is 0.562. The number of halogens is 4. The fourth-order valence-corrected chi connectivity index (χ4v) is 4.40. The molecule has 0 aliphatic rings. The standard InChI is InChI=1S/C21H17ClF2N4O2S.ClH/c1-30-17-6-4-14(22)19-18(17)26-21(31-19)28(9-2-8-27-10-7-25-12-27)20(29)13-3-5-15(23)16(24)11-13;/h3-7,10-12H,2,8-9H2,1H3;1H. The van der Waals surface area contributed by atoms with Gasteiger partial charge < -0.3 is 9.30 Å². The molecule has 0 radical (unpaired) electrons. The van der Waals surface area contributed by atoms with Crippen molar-refractivity contribution in [2.75, 3.05) is 18.6 Å². The summed E-state index contributed by atoms with van der Waals surface area (Å²) >= 11 is 7.56. The third kappa shape index (κ3) is 4.85. The van der Waals surface area contributed by atoms with E-state index in [4.69, 9.17) is 16.3 Å². The summed E-state index contributed by atoms with van der Waals surface area (Å²) in [4.78, 5) is 23.3. The molecule has 0 N–H and O–H groups in total. The average molecular weight is 499 g/mol. The molecule has 0 unspecified atom stereocenters. The minimum atomic E-state index is -1.08. The van der Waals surface area contributed by atoms with Crippen LogP contribution in [0.25, 0.3) is 10.2 Å². The van der Waals surface area contributed by atoms with Crippen molar-refractivity contribution in [3.8, 4) is 5.75 Å². The maximum Gasteiger partial charge on any atom is 0.260 e. The molecular formula is C21H18Cl2F2N4O2S. The lowest BCUT2D eigenvalue weighted by Crippen LogP contribution is -2.32. The number of ether oxygens (including phenoxy) is 1. The molecule has 32 heavy (non-hydrogen) atoms. The van der Waals surface area contributed by atoms with Crippen molar-refractivity contribution >= 4 is 56.6 Å². The molecule has 0 spiro atoms. The fourth-order valence-electron chi connectivity index (χ4n) is 3.12. The maximum absolute atomic E-state index is 13.8. The van der Waals surface area contributed by atoms with Gasteiger partial charge in [-0.05, 0) is 36.8 Å². The third-order valence-electron chi connectivity index (χ3n) is 4.67. The number of methoxy groups -OCH3 is 1. The average Bonchev–Trinajstić information content (AvgIpc) is 3.44. The number of thiazole rings is 1. The van der Waals surface area contributed by atoms with Gasteiger partial charge in [0.15, 0.2) is 16.8 Å². The van der Waals surface area contributed by atoms with Gasteiger partial charge in [0, 0.05) is 31.0 Å². The minimum Gasteiger partial charge on any atom is -0.494 e. The van der Waals surface area contributed by atoms with Crippen LogP contribution in [0.2, 0.25) is 5.02 Å². The van der Waals surface area contributed by atoms with E-state index in [1.54, 1.807) is 24.7 Å². The van der Waals surface area contributed by atoms with Crippen LogP contribution in [-0.2, 0) is 6.54 Å². The van der Waals surface area contributed by atoms with Crippen molar-refractivity contribution in [3.63, 3.8) is 0 Å². The molecule has 4 rings (SSSR count). The Balaban J connectivity index is 0.00000289. The summed E-state index contributed by atoms with van der Waals surface area (Å²) in [6.07, 6.45) is 5.77. The molecule has 1 amide bonds. The number of nitrogens with zero attached hydrogens (tertiary/aromatic N) is 4. The van der Waals surface area contributed by atoms with Gasteiger partial charge in [-0.2, -0.15) is 0 Å². The number of hydrogen-bond acceptors (Lipinski definition) is 5. The number of fused-ring (bicyclic) bond motifs is 1. The van der Waals surface area contributed by atoms with Gasteiger partial charge in [-0.25, -0.2) is 18.7 Å². The number of hydrogen-bond donors (Lipinski definition) is 0. The van der Waals surface area contributed by atoms with Gasteiger partial charge >= 0.3 is 0 Å². The number of carbonyl (C=O) groups excluding carboxylic acids is 1. The van der Waals surface area contributed by atoms with E-state index < -0.39 is 17.5 Å². The van der Waals surface area contributed by atoms with E-state index in [-0.39, 0.29) is 18.0 Å². The molecule has 11 heteroatoms. The van der Waals surface area contributed by atoms with Gasteiger partial charge in [-0.3, -0.25) is 9.69 Å². The third-order valence-corrected chi connectivity index (χ3v) is 6.21. The van der Waals surface area contributed by atoms with Crippen LogP contribution in [0, 0.1) is 11.6 Å². The summed E-state index contributed by atoms with van der Waals surface area (Å²) < 4.78 is 35.0. The number of rotatable bonds is 7. The van der Waals surface area contributed by atoms with Gasteiger partial charge in [-0.15, -0.1) is 12.4 Å². The van der Waals surface area contributed by atoms with E-state index in [1.807, 2.05) is 10.8 Å². The first-order chi connectivity index (χ1) is 15.0. The number of benzene rings is 2. The van der Waals surface area contributed by atoms with Crippen LogP contribution in [0.3, 0.4) is 0 Å². The SMILES string of the molecule is COc1ccc(Cl)c2sc(N(CCCn3ccnc3)C(=O)c3ccc(F)c(F)c3)nc12.Cl. The molecule has 4 aromatic rings. The molecule has 2 heterocycles. The van der Waals surface area contributed by atoms with Crippen LogP contribution in [0.5, 0.6) is 5.75 Å². The van der Waals surface area contributed by atoms with E-state index in [0.29, 0.717) is 45.6 Å². The van der Waals surface area contributed by atoms with Crippen molar-refractivity contribution in [1.82, 2.24) is 14.5 Å². The molecule has 6 nitrogen and oxygen atoms in total. The van der Waals surface area contributed by atoms with Crippen molar-refractivity contribution in [3.05, 3.63) is 71.3 Å². The minimum absolute atomic E-state index is 0. The fraction of sp³-hybridized carbons (Fsp3) is 0.190. The van der Waals surface area contributed by atoms with E-state index in [2.05, 4.69) is 9.97 Å². The Hall–Kier alpha value is -2.75. The van der Waals surface area contributed by atoms with Crippen LogP contribution in [0.4, 0.5) is 13.9 Å². The molecular weight excluding hydrogens is 481 g/mol. The lowest BCUT2D eigenvalue weighted by Gasteiger charge is -2.20. The van der Waals surface area contributed by atoms with E-state index >= 15 is 0 Å². The molecule has 0 bridgehead atoms. The smallest absolute Gasteiger partial charge is 0.260 e. The molecule has 0 saturated carbocycles. The Bertz CT molecular complexity index is 1230. The van der Waals surface area contributed by atoms with Gasteiger partial charge in [0.05, 0.1) is 23.2 Å². The highest BCUT2D eigenvalue weighted by molar-refractivity contribution is 7.23. The zero-order valence-corrected chi connectivity index (χ0v) is 19.2. The highest BCUT2D eigenvalue weighted by atomic mass is 35.5. The Morgan fingerprint density at radius 3 is 2.75 bits per heavy atom. The number of imidazole rings is 1. The van der Waals surface area contributed by atoms with Crippen LogP contribution < -0.4 is 9.64 Å². The first-order valence-corrected chi connectivity index (χ1v) is 10.5. The zero-order valence-electron chi connectivity index (χ0n) is 16.8. The van der Waals surface area contributed by atoms with E-state index in [9.17, 15) is 13.6 Å². The van der Waals surface area contributed by atoms with Gasteiger partial charge in [-0.1, -0.05) is 22.9 Å². The quantitative estimate of drug-likeness (QED) is 0.333. The highest BCUT2D eigenvalue weighted by Crippen LogP contribution is 2.39. The van der Waals surface area contributed by atoms with Gasteiger partial charge in [0.2, 0.25) is 0 Å². The molecule has 2 aromatic carbocycles. The largest absolute Gasteiger partial charge is 0.494 e. The van der Waals surface area contributed by atoms with Crippen LogP contribution in [0.15, 0.2) is 49.1 Å². The number of amides is 1. The van der Waals surface area contributed by atoms with Gasteiger partial charge in [0.25, 0.3) is 5.91 Å². The van der Waals surface area contributed by atoms with Gasteiger partial charge in [0.1, 0.15) is 11.3 Å². The summed E-state index contributed by atoms with van der Waals surface area (Å²) in [5, 5.41) is 0.875. The topological polar surface area (TPSA) is 60.2 Å². The molecule has 0 fully saturated rings. The zero-order chi connectivity index (χ0) is 22.0. The summed E-state index contributed by atoms with van der Waals surface area (Å²) in [5.74, 6) is -2.06. The van der Waals surface area contributed by atoms with Crippen LogP contribution in [0.1, 0.15) is 16.8 Å². The number of carbonyl (C=O) groups is 1. The molecule has 0 aliphatic carbocycles. The van der Waals surface area contributed by atoms with Crippen LogP contribution in [-0.4, -0.2) is 34.1 Å². The predicted molar refractivity (Wildman–Crippen MR) is 123 cm³/mol. The van der Waals surface area contributed by atoms with Crippen molar-refractivity contribution in [1.29, 1.82) is 0 Å². The second-order valence-corrected chi connectivity index (χ2v) is 8.05. The molecule has 0 atom stereocenters. The first-order valence-electron chi connectivity index (χ1n) is 9.33. The number of aromatic nitrogens is 3. The lowest BCUT2D eigenvalue weighted by atomic mass is 10.2. The van der Waals surface area contributed by atoms with E-state index in [1.165, 1.54) is 29.4 Å². The molecule has 0 saturated heterocycles. The molecule has 0 aliphatic heterocycles. The second kappa shape index (κ2) is 10.2. The normalized spacial score (nSPS) is 10.8.